The van der Waals surface area contributed by atoms with Crippen molar-refractivity contribution in [3.8, 4) is 5.75 Å². The van der Waals surface area contributed by atoms with Gasteiger partial charge in [-0.05, 0) is 104 Å². The van der Waals surface area contributed by atoms with E-state index >= 15 is 0 Å². The molecule has 6 N–H and O–H groups in total. The van der Waals surface area contributed by atoms with E-state index in [4.69, 9.17) is 21.4 Å². The number of hydrogen-bond acceptors (Lipinski definition) is 10. The number of aryl methyl sites for hydroxylation is 1. The number of amides is 2. The van der Waals surface area contributed by atoms with Crippen LogP contribution in [-0.4, -0.2) is 91.4 Å². The summed E-state index contributed by atoms with van der Waals surface area (Å²) in [5, 5.41) is 9.43. The molecule has 2 heterocycles. The van der Waals surface area contributed by atoms with Crippen molar-refractivity contribution < 1.29 is 50.6 Å². The smallest absolute Gasteiger partial charge is 0.404 e. The van der Waals surface area contributed by atoms with Gasteiger partial charge in [-0.25, -0.2) is 8.96 Å². The van der Waals surface area contributed by atoms with Crippen LogP contribution in [-0.2, 0) is 39.9 Å². The van der Waals surface area contributed by atoms with Gasteiger partial charge < -0.3 is 30.3 Å². The molecular weight excluding hydrogens is 1030 g/mol. The molecule has 2 aliphatic heterocycles. The zero-order valence-corrected chi connectivity index (χ0v) is 46.9. The molecule has 15 nitrogen and oxygen atoms in total. The molecule has 0 fully saturated rings. The Morgan fingerprint density at radius 1 is 0.829 bits per heavy atom. The monoisotopic (exact) mass is 1110 g/mol. The summed E-state index contributed by atoms with van der Waals surface area (Å²) in [6, 6.07) is 20.8. The maximum absolute atomic E-state index is 15.0. The standard InChI is InChI=1S/C57H76ClFN5O10PS/c1-40-23-28-49(74-75(68,69)70)44(39-40)54(59)55(67)62-32-14-6-8-17-43(65)31-33-60-34-35-61-52(66)22-9-7-15-36-63-47-20-12-10-18-45(47)56(2,3)50(63)29-26-41-24-25-42(53(41)58)27-30-51-57(4,5)46-19-11-13-21-48(46)64(51)37-16-38-76(71,72)73/h10-13,18-21,23,26-30,39,50,54,60H,6-9,14-17,22,24-25,31-38H2,1-5H3,(H,61,66)(H,62,67)(H2,68,69,70)(H,71,72,73)/b29-26+,42-27+,51-30+. The first-order valence-corrected chi connectivity index (χ1v) is 29.9. The number of Topliss-reactive ketones (excluding diaryl/α,β-unsaturated/α-hetero) is 1. The first kappa shape index (κ1) is 60.1. The minimum absolute atomic E-state index is 0.00484. The molecule has 2 atom stereocenters. The van der Waals surface area contributed by atoms with E-state index in [0.29, 0.717) is 70.3 Å². The van der Waals surface area contributed by atoms with Crippen molar-refractivity contribution in [3.63, 3.8) is 0 Å². The third kappa shape index (κ3) is 16.5. The SMILES string of the molecule is Cc1ccc(OP(=O)(O)O)c(C(F)C(=O)NCCCCCC(=O)CCNCCNC(=O)CCCCCN2c3ccccc3C(C)(C)C2/C=C/C2=C(Cl)C(=C/C=C3/N(CCCS(=O)(=O)O)c4ccccc4C3(C)C)/CC2)c1. The van der Waals surface area contributed by atoms with Crippen molar-refractivity contribution >= 4 is 58.5 Å². The number of nitrogens with zero attached hydrogens (tertiary/aromatic N) is 2. The van der Waals surface area contributed by atoms with Gasteiger partial charge in [-0.2, -0.15) is 8.42 Å². The number of halogens is 2. The number of nitrogens with one attached hydrogen (secondary N) is 3. The average Bonchev–Trinajstić information content (AvgIpc) is 3.90. The van der Waals surface area contributed by atoms with Gasteiger partial charge in [0.05, 0.1) is 11.8 Å². The Morgan fingerprint density at radius 3 is 2.26 bits per heavy atom. The minimum atomic E-state index is -4.95. The quantitative estimate of drug-likeness (QED) is 0.0217. The predicted molar refractivity (Wildman–Crippen MR) is 299 cm³/mol. The normalized spacial score (nSPS) is 18.4. The number of anilines is 2. The lowest BCUT2D eigenvalue weighted by atomic mass is 9.80. The first-order chi connectivity index (χ1) is 36.0. The molecule has 3 aliphatic rings. The van der Waals surface area contributed by atoms with Crippen LogP contribution in [0.3, 0.4) is 0 Å². The Labute approximate surface area is 453 Å². The highest BCUT2D eigenvalue weighted by Gasteiger charge is 2.43. The molecule has 76 heavy (non-hydrogen) atoms. The summed E-state index contributed by atoms with van der Waals surface area (Å²) in [5.74, 6) is -1.57. The number of ketones is 1. The van der Waals surface area contributed by atoms with Crippen LogP contribution < -0.4 is 30.3 Å². The third-order valence-corrected chi connectivity index (χ3v) is 16.3. The van der Waals surface area contributed by atoms with Crippen molar-refractivity contribution in [1.82, 2.24) is 16.0 Å². The second-order valence-electron chi connectivity index (χ2n) is 21.0. The van der Waals surface area contributed by atoms with Gasteiger partial charge in [0, 0.05) is 97.0 Å². The van der Waals surface area contributed by atoms with Crippen molar-refractivity contribution in [2.75, 3.05) is 54.8 Å². The largest absolute Gasteiger partial charge is 0.524 e. The Balaban J connectivity index is 0.884. The average molecular weight is 1110 g/mol. The second kappa shape index (κ2) is 27.0. The molecule has 1 aliphatic carbocycles. The van der Waals surface area contributed by atoms with Gasteiger partial charge in [-0.15, -0.1) is 0 Å². The number of para-hydroxylation sites is 2. The van der Waals surface area contributed by atoms with E-state index in [1.807, 2.05) is 12.1 Å². The molecule has 3 aromatic rings. The highest BCUT2D eigenvalue weighted by Crippen LogP contribution is 2.49. The zero-order valence-electron chi connectivity index (χ0n) is 44.5. The molecule has 0 saturated carbocycles. The van der Waals surface area contributed by atoms with Crippen LogP contribution in [0.1, 0.15) is 133 Å². The number of allylic oxidation sites excluding steroid dienone is 7. The van der Waals surface area contributed by atoms with Crippen molar-refractivity contribution in [2.24, 2.45) is 0 Å². The number of fused-ring (bicyclic) bond motifs is 2. The third-order valence-electron chi connectivity index (χ3n) is 14.5. The highest BCUT2D eigenvalue weighted by atomic mass is 35.5. The van der Waals surface area contributed by atoms with Gasteiger partial charge in [-0.1, -0.05) is 118 Å². The van der Waals surface area contributed by atoms with Crippen LogP contribution in [0.15, 0.2) is 113 Å². The number of unbranched alkanes of at least 4 members (excludes halogenated alkanes) is 4. The number of benzene rings is 3. The topological polar surface area (TPSA) is 215 Å². The van der Waals surface area contributed by atoms with Crippen LogP contribution in [0.25, 0.3) is 0 Å². The fourth-order valence-electron chi connectivity index (χ4n) is 10.5. The Hall–Kier alpha value is -5.13. The first-order valence-electron chi connectivity index (χ1n) is 26.4. The number of phosphoric ester groups is 1. The lowest BCUT2D eigenvalue weighted by molar-refractivity contribution is -0.126. The molecule has 0 radical (unpaired) electrons. The van der Waals surface area contributed by atoms with Crippen LogP contribution >= 0.6 is 19.4 Å². The van der Waals surface area contributed by atoms with E-state index in [2.05, 4.69) is 119 Å². The summed E-state index contributed by atoms with van der Waals surface area (Å²) in [6.07, 6.45) is 14.0. The van der Waals surface area contributed by atoms with Crippen LogP contribution in [0.2, 0.25) is 0 Å². The molecule has 3 aromatic carbocycles. The van der Waals surface area contributed by atoms with Crippen LogP contribution in [0.4, 0.5) is 15.8 Å². The lowest BCUT2D eigenvalue weighted by Gasteiger charge is -2.32. The zero-order chi connectivity index (χ0) is 55.3. The number of hydrogen-bond donors (Lipinski definition) is 6. The van der Waals surface area contributed by atoms with E-state index in [1.54, 1.807) is 6.92 Å². The van der Waals surface area contributed by atoms with Crippen molar-refractivity contribution in [3.05, 3.63) is 135 Å². The fraction of sp³-hybridized carbons (Fsp3) is 0.491. The lowest BCUT2D eigenvalue weighted by Crippen LogP contribution is -2.40. The fourth-order valence-corrected chi connectivity index (χ4v) is 11.7. The number of phosphoric acid groups is 1. The van der Waals surface area contributed by atoms with Gasteiger partial charge in [0.1, 0.15) is 11.5 Å². The van der Waals surface area contributed by atoms with Gasteiger partial charge in [0.2, 0.25) is 12.1 Å². The van der Waals surface area contributed by atoms with Gasteiger partial charge >= 0.3 is 7.82 Å². The van der Waals surface area contributed by atoms with Crippen molar-refractivity contribution in [2.45, 2.75) is 135 Å². The van der Waals surface area contributed by atoms with E-state index in [-0.39, 0.29) is 52.8 Å². The van der Waals surface area contributed by atoms with Crippen LogP contribution in [0, 0.1) is 6.92 Å². The van der Waals surface area contributed by atoms with E-state index in [9.17, 15) is 36.3 Å². The Kier molecular flexibility index (Phi) is 21.3. The van der Waals surface area contributed by atoms with Crippen molar-refractivity contribution in [1.29, 1.82) is 0 Å². The highest BCUT2D eigenvalue weighted by molar-refractivity contribution is 7.85. The molecule has 414 valence electrons. The van der Waals surface area contributed by atoms with Gasteiger partial charge in [-0.3, -0.25) is 28.7 Å². The van der Waals surface area contributed by atoms with Gasteiger partial charge in [0.15, 0.2) is 0 Å². The van der Waals surface area contributed by atoms with Gasteiger partial charge in [0.25, 0.3) is 16.0 Å². The number of carbonyl (C=O) groups is 3. The molecule has 2 amide bonds. The summed E-state index contributed by atoms with van der Waals surface area (Å²) in [4.78, 5) is 60.5. The maximum atomic E-state index is 15.0. The van der Waals surface area contributed by atoms with E-state index < -0.39 is 35.8 Å². The summed E-state index contributed by atoms with van der Waals surface area (Å²) in [6.45, 7) is 13.5. The Morgan fingerprint density at radius 2 is 1.53 bits per heavy atom. The molecule has 19 heteroatoms. The molecular formula is C57H76ClFN5O10PS. The molecule has 2 unspecified atom stereocenters. The number of rotatable bonds is 29. The van der Waals surface area contributed by atoms with E-state index in [0.717, 1.165) is 71.8 Å². The second-order valence-corrected chi connectivity index (χ2v) is 24.2. The molecule has 0 aromatic heterocycles. The molecule has 0 bridgehead atoms. The molecule has 6 rings (SSSR count). The summed E-state index contributed by atoms with van der Waals surface area (Å²) in [5.41, 5.74) is 7.74. The summed E-state index contributed by atoms with van der Waals surface area (Å²) in [7, 11) is -9.03. The van der Waals surface area contributed by atoms with E-state index in [1.165, 1.54) is 29.4 Å². The maximum Gasteiger partial charge on any atom is 0.524 e. The summed E-state index contributed by atoms with van der Waals surface area (Å²) >= 11 is 7.15. The van der Waals surface area contributed by atoms with Crippen LogP contribution in [0.5, 0.6) is 5.75 Å². The number of alkyl halides is 1. The minimum Gasteiger partial charge on any atom is -0.404 e. The summed E-state index contributed by atoms with van der Waals surface area (Å²) < 4.78 is 63.3. The molecule has 0 spiro atoms. The Bertz CT molecular complexity index is 2850. The molecule has 0 saturated heterocycles. The predicted octanol–water partition coefficient (Wildman–Crippen LogP) is 10.3. The number of carbonyl (C=O) groups excluding carboxylic acids is 3.